The highest BCUT2D eigenvalue weighted by atomic mass is 19.3. The van der Waals surface area contributed by atoms with Gasteiger partial charge in [-0.05, 0) is 40.2 Å². The second-order valence-corrected chi connectivity index (χ2v) is 4.80. The number of rotatable bonds is 5. The van der Waals surface area contributed by atoms with Crippen LogP contribution in [0.15, 0.2) is 0 Å². The number of nitrogens with zero attached hydrogens (tertiary/aromatic N) is 1. The Morgan fingerprint density at radius 2 is 2.07 bits per heavy atom. The highest BCUT2D eigenvalue weighted by Gasteiger charge is 2.38. The number of hydrogen-bond acceptors (Lipinski definition) is 2. The molecule has 0 amide bonds. The fraction of sp³-hybridized carbons (Fsp3) is 1.00. The summed E-state index contributed by atoms with van der Waals surface area (Å²) in [6.07, 6.45) is -0.144. The van der Waals surface area contributed by atoms with Gasteiger partial charge >= 0.3 is 0 Å². The van der Waals surface area contributed by atoms with Crippen LogP contribution in [0.3, 0.4) is 0 Å². The van der Waals surface area contributed by atoms with Gasteiger partial charge in [-0.1, -0.05) is 0 Å². The summed E-state index contributed by atoms with van der Waals surface area (Å²) in [5.41, 5.74) is -0.194. The van der Waals surface area contributed by atoms with Crippen LogP contribution < -0.4 is 0 Å². The second-order valence-electron chi connectivity index (χ2n) is 4.80. The Morgan fingerprint density at radius 1 is 1.40 bits per heavy atom. The fourth-order valence-corrected chi connectivity index (χ4v) is 2.07. The van der Waals surface area contributed by atoms with E-state index < -0.39 is 6.43 Å². The molecule has 2 nitrogen and oxygen atoms in total. The van der Waals surface area contributed by atoms with Crippen molar-refractivity contribution in [2.75, 3.05) is 19.7 Å². The molecule has 0 aromatic heterocycles. The molecular formula is C11H21F2NO. The van der Waals surface area contributed by atoms with Crippen LogP contribution in [-0.4, -0.2) is 42.7 Å². The average molecular weight is 221 g/mol. The van der Waals surface area contributed by atoms with Crippen molar-refractivity contribution in [1.82, 2.24) is 4.90 Å². The lowest BCUT2D eigenvalue weighted by atomic mass is 10.0. The van der Waals surface area contributed by atoms with Gasteiger partial charge in [-0.2, -0.15) is 0 Å². The third kappa shape index (κ3) is 3.68. The molecule has 1 atom stereocenters. The van der Waals surface area contributed by atoms with Gasteiger partial charge in [-0.25, -0.2) is 8.78 Å². The van der Waals surface area contributed by atoms with Crippen molar-refractivity contribution in [2.24, 2.45) is 0 Å². The Kier molecular flexibility index (Phi) is 4.46. The molecule has 1 aliphatic heterocycles. The zero-order valence-electron chi connectivity index (χ0n) is 9.80. The predicted octanol–water partition coefficient (Wildman–Crippen LogP) is 2.53. The first-order valence-corrected chi connectivity index (χ1v) is 5.59. The molecule has 0 radical (unpaired) electrons. The summed E-state index contributed by atoms with van der Waals surface area (Å²) in [6, 6.07) is 0. The van der Waals surface area contributed by atoms with Gasteiger partial charge in [0.15, 0.2) is 0 Å². The van der Waals surface area contributed by atoms with Gasteiger partial charge in [-0.3, -0.25) is 4.90 Å². The molecule has 0 bridgehead atoms. The maximum atomic E-state index is 12.3. The Labute approximate surface area is 90.6 Å². The minimum atomic E-state index is -2.25. The zero-order chi connectivity index (χ0) is 11.5. The summed E-state index contributed by atoms with van der Waals surface area (Å²) in [5, 5.41) is 0. The highest BCUT2D eigenvalue weighted by Crippen LogP contribution is 2.30. The van der Waals surface area contributed by atoms with Gasteiger partial charge in [0, 0.05) is 5.54 Å². The smallest absolute Gasteiger partial charge is 0.251 e. The largest absolute Gasteiger partial charge is 0.377 e. The fourth-order valence-electron chi connectivity index (χ4n) is 2.07. The first-order chi connectivity index (χ1) is 6.94. The van der Waals surface area contributed by atoms with E-state index in [1.807, 2.05) is 25.7 Å². The van der Waals surface area contributed by atoms with Crippen molar-refractivity contribution in [3.8, 4) is 0 Å². The van der Waals surface area contributed by atoms with Crippen molar-refractivity contribution < 1.29 is 13.5 Å². The number of likely N-dealkylation sites (tertiary alicyclic amines) is 1. The van der Waals surface area contributed by atoms with Crippen LogP contribution in [0.5, 0.6) is 0 Å². The Balaban J connectivity index is 2.48. The van der Waals surface area contributed by atoms with E-state index >= 15 is 0 Å². The normalized spacial score (nSPS) is 28.2. The van der Waals surface area contributed by atoms with E-state index in [1.54, 1.807) is 0 Å². The maximum absolute atomic E-state index is 12.3. The van der Waals surface area contributed by atoms with Gasteiger partial charge in [0.05, 0.1) is 19.3 Å². The van der Waals surface area contributed by atoms with Crippen LogP contribution >= 0.6 is 0 Å². The lowest BCUT2D eigenvalue weighted by Gasteiger charge is -2.35. The minimum absolute atomic E-state index is 0.127. The Morgan fingerprint density at radius 3 is 2.60 bits per heavy atom. The van der Waals surface area contributed by atoms with Crippen LogP contribution in [0.25, 0.3) is 0 Å². The van der Waals surface area contributed by atoms with Gasteiger partial charge in [0.2, 0.25) is 0 Å². The van der Waals surface area contributed by atoms with E-state index in [-0.39, 0.29) is 18.2 Å². The molecule has 4 heteroatoms. The molecular weight excluding hydrogens is 200 g/mol. The van der Waals surface area contributed by atoms with E-state index in [2.05, 4.69) is 0 Å². The molecule has 90 valence electrons. The maximum Gasteiger partial charge on any atom is 0.251 e. The monoisotopic (exact) mass is 221 g/mol. The lowest BCUT2D eigenvalue weighted by molar-refractivity contribution is -0.0236. The SMILES string of the molecule is CC(C)OCC1(C)CCCN1CC(F)F. The highest BCUT2D eigenvalue weighted by molar-refractivity contribution is 4.92. The average Bonchev–Trinajstić information content (AvgIpc) is 2.45. The van der Waals surface area contributed by atoms with Crippen molar-refractivity contribution >= 4 is 0 Å². The standard InChI is InChI=1S/C11H21F2NO/c1-9(2)15-8-11(3)5-4-6-14(11)7-10(12)13/h9-10H,4-8H2,1-3H3. The molecule has 0 N–H and O–H groups in total. The molecule has 0 aromatic carbocycles. The van der Waals surface area contributed by atoms with Crippen molar-refractivity contribution in [2.45, 2.75) is 51.7 Å². The first-order valence-electron chi connectivity index (χ1n) is 5.59. The summed E-state index contributed by atoms with van der Waals surface area (Å²) < 4.78 is 30.2. The quantitative estimate of drug-likeness (QED) is 0.707. The van der Waals surface area contributed by atoms with Crippen molar-refractivity contribution in [3.63, 3.8) is 0 Å². The summed E-state index contributed by atoms with van der Waals surface area (Å²) in [7, 11) is 0. The van der Waals surface area contributed by atoms with Gasteiger partial charge < -0.3 is 4.74 Å². The lowest BCUT2D eigenvalue weighted by Crippen LogP contribution is -2.47. The first kappa shape index (κ1) is 12.8. The summed E-state index contributed by atoms with van der Waals surface area (Å²) >= 11 is 0. The molecule has 15 heavy (non-hydrogen) atoms. The number of halogens is 2. The minimum Gasteiger partial charge on any atom is -0.377 e. The van der Waals surface area contributed by atoms with E-state index in [4.69, 9.17) is 4.74 Å². The summed E-state index contributed by atoms with van der Waals surface area (Å²) in [5.74, 6) is 0. The van der Waals surface area contributed by atoms with Gasteiger partial charge in [0.25, 0.3) is 6.43 Å². The molecule has 1 rings (SSSR count). The molecule has 1 heterocycles. The zero-order valence-corrected chi connectivity index (χ0v) is 9.80. The summed E-state index contributed by atoms with van der Waals surface area (Å²) in [6.45, 7) is 7.15. The molecule has 1 saturated heterocycles. The second kappa shape index (κ2) is 5.21. The van der Waals surface area contributed by atoms with Crippen LogP contribution in [0.4, 0.5) is 8.78 Å². The molecule has 1 aliphatic rings. The summed E-state index contributed by atoms with van der Waals surface area (Å²) in [4.78, 5) is 1.86. The topological polar surface area (TPSA) is 12.5 Å². The van der Waals surface area contributed by atoms with Crippen molar-refractivity contribution in [1.29, 1.82) is 0 Å². The van der Waals surface area contributed by atoms with Crippen LogP contribution in [0.1, 0.15) is 33.6 Å². The van der Waals surface area contributed by atoms with Crippen LogP contribution in [0, 0.1) is 0 Å². The molecule has 0 aromatic rings. The molecule has 1 fully saturated rings. The molecule has 0 aliphatic carbocycles. The van der Waals surface area contributed by atoms with Crippen LogP contribution in [0.2, 0.25) is 0 Å². The number of ether oxygens (including phenoxy) is 1. The van der Waals surface area contributed by atoms with Crippen molar-refractivity contribution in [3.05, 3.63) is 0 Å². The number of alkyl halides is 2. The third-order valence-corrected chi connectivity index (χ3v) is 2.99. The van der Waals surface area contributed by atoms with Gasteiger partial charge in [0.1, 0.15) is 0 Å². The van der Waals surface area contributed by atoms with E-state index in [1.165, 1.54) is 0 Å². The Bertz CT molecular complexity index is 199. The van der Waals surface area contributed by atoms with E-state index in [0.29, 0.717) is 6.61 Å². The van der Waals surface area contributed by atoms with E-state index in [9.17, 15) is 8.78 Å². The molecule has 1 unspecified atom stereocenters. The van der Waals surface area contributed by atoms with Crippen LogP contribution in [-0.2, 0) is 4.74 Å². The molecule has 0 saturated carbocycles. The van der Waals surface area contributed by atoms with Gasteiger partial charge in [-0.15, -0.1) is 0 Å². The van der Waals surface area contributed by atoms with E-state index in [0.717, 1.165) is 19.4 Å². The predicted molar refractivity (Wildman–Crippen MR) is 56.3 cm³/mol. The third-order valence-electron chi connectivity index (χ3n) is 2.99. The Hall–Kier alpha value is -0.220. The molecule has 0 spiro atoms. The number of hydrogen-bond donors (Lipinski definition) is 0.